The molecule has 2 aromatic carbocycles. The predicted molar refractivity (Wildman–Crippen MR) is 117 cm³/mol. The highest BCUT2D eigenvalue weighted by atomic mass is 19.4. The fourth-order valence-corrected chi connectivity index (χ4v) is 3.80. The lowest BCUT2D eigenvalue weighted by Crippen LogP contribution is -2.44. The average Bonchev–Trinajstić information content (AvgIpc) is 2.75. The van der Waals surface area contributed by atoms with Crippen molar-refractivity contribution < 1.29 is 41.7 Å². The molecular weight excluding hydrogens is 462 g/mol. The van der Waals surface area contributed by atoms with Crippen LogP contribution in [0.25, 0.3) is 6.08 Å². The fraction of sp³-hybridized carbons (Fsp3) is 0.440. The molecule has 34 heavy (non-hydrogen) atoms. The summed E-state index contributed by atoms with van der Waals surface area (Å²) in [6.07, 6.45) is -9.64. The molecule has 0 aliphatic rings. The van der Waals surface area contributed by atoms with E-state index in [-0.39, 0.29) is 13.2 Å². The summed E-state index contributed by atoms with van der Waals surface area (Å²) < 4.78 is 76.6. The minimum atomic E-state index is -5.62. The largest absolute Gasteiger partial charge is 0.403 e. The molecule has 0 aromatic heterocycles. The van der Waals surface area contributed by atoms with Crippen LogP contribution in [0.15, 0.2) is 42.5 Å². The zero-order chi connectivity index (χ0) is 25.5. The number of aryl methyl sites for hydroxylation is 3. The second kappa shape index (κ2) is 11.9. The average molecular weight is 490 g/mol. The minimum Gasteiger partial charge on any atom is -0.392 e. The van der Waals surface area contributed by atoms with Crippen LogP contribution in [0, 0.1) is 5.92 Å². The maximum absolute atomic E-state index is 12.8. The lowest BCUT2D eigenvalue weighted by molar-refractivity contribution is -0.300. The molecule has 0 aliphatic heterocycles. The first-order valence-corrected chi connectivity index (χ1v) is 10.8. The highest BCUT2D eigenvalue weighted by molar-refractivity contribution is 5.55. The third-order valence-corrected chi connectivity index (χ3v) is 5.65. The van der Waals surface area contributed by atoms with E-state index < -0.39 is 24.4 Å². The van der Waals surface area contributed by atoms with Gasteiger partial charge < -0.3 is 15.3 Å². The summed E-state index contributed by atoms with van der Waals surface area (Å²) in [5.74, 6) is -3.85. The van der Waals surface area contributed by atoms with Gasteiger partial charge in [0, 0.05) is 0 Å². The molecule has 0 heterocycles. The molecule has 1 unspecified atom stereocenters. The van der Waals surface area contributed by atoms with E-state index in [1.807, 2.05) is 25.1 Å². The van der Waals surface area contributed by atoms with E-state index in [2.05, 4.69) is 0 Å². The minimum absolute atomic E-state index is 0.152. The van der Waals surface area contributed by atoms with Crippen molar-refractivity contribution >= 4 is 6.08 Å². The summed E-state index contributed by atoms with van der Waals surface area (Å²) in [5, 5.41) is 28.3. The number of alkyl halides is 6. The van der Waals surface area contributed by atoms with Crippen molar-refractivity contribution in [1.29, 1.82) is 0 Å². The van der Waals surface area contributed by atoms with Crippen LogP contribution in [0.3, 0.4) is 0 Å². The summed E-state index contributed by atoms with van der Waals surface area (Å²) in [6.45, 7) is 1.50. The maximum atomic E-state index is 12.8. The first-order chi connectivity index (χ1) is 15.9. The molecule has 0 saturated heterocycles. The Bertz CT molecular complexity index is 952. The Labute approximate surface area is 194 Å². The van der Waals surface area contributed by atoms with E-state index in [9.17, 15) is 41.7 Å². The lowest BCUT2D eigenvalue weighted by atomic mass is 9.95. The fourth-order valence-electron chi connectivity index (χ4n) is 3.80. The first-order valence-electron chi connectivity index (χ1n) is 10.8. The quantitative estimate of drug-likeness (QED) is 0.384. The van der Waals surface area contributed by atoms with Crippen molar-refractivity contribution in [3.63, 3.8) is 0 Å². The highest BCUT2D eigenvalue weighted by Crippen LogP contribution is 2.41. The second-order valence-electron chi connectivity index (χ2n) is 8.07. The van der Waals surface area contributed by atoms with Gasteiger partial charge in [-0.2, -0.15) is 26.3 Å². The van der Waals surface area contributed by atoms with Crippen LogP contribution in [0.1, 0.15) is 46.7 Å². The van der Waals surface area contributed by atoms with Gasteiger partial charge >= 0.3 is 12.4 Å². The molecule has 0 amide bonds. The normalized spacial score (nSPS) is 13.7. The van der Waals surface area contributed by atoms with Gasteiger partial charge in [0.05, 0.1) is 19.3 Å². The summed E-state index contributed by atoms with van der Waals surface area (Å²) in [7, 11) is 0. The number of benzene rings is 2. The Morgan fingerprint density at radius 3 is 1.82 bits per heavy atom. The van der Waals surface area contributed by atoms with Crippen molar-refractivity contribution in [3.8, 4) is 0 Å². The monoisotopic (exact) mass is 490 g/mol. The molecule has 3 N–H and O–H groups in total. The van der Waals surface area contributed by atoms with Crippen molar-refractivity contribution in [1.82, 2.24) is 0 Å². The molecule has 0 bridgehead atoms. The maximum Gasteiger partial charge on any atom is 0.403 e. The van der Waals surface area contributed by atoms with Gasteiger partial charge in [0.25, 0.3) is 0 Å². The lowest BCUT2D eigenvalue weighted by Gasteiger charge is -2.25. The molecule has 9 heteroatoms. The Hall–Kier alpha value is -2.36. The third kappa shape index (κ3) is 7.58. The molecule has 1 atom stereocenters. The Balaban J connectivity index is 2.08. The zero-order valence-corrected chi connectivity index (χ0v) is 18.6. The standard InChI is InChI=1S/C25H28F6O3/c1-2-18-12-16(4-3-5-17-7-9-20(14-32)21(13-17)15-33)6-8-19(18)10-11-22(34)23(24(26,27)28)25(29,30)31/h6-13,22-23,32-34H,2-5,14-15H2,1H3/b11-10+. The van der Waals surface area contributed by atoms with E-state index in [4.69, 9.17) is 0 Å². The van der Waals surface area contributed by atoms with E-state index in [1.165, 1.54) is 0 Å². The van der Waals surface area contributed by atoms with Gasteiger partial charge in [-0.15, -0.1) is 0 Å². The molecular formula is C25H28F6O3. The first kappa shape index (κ1) is 27.9. The van der Waals surface area contributed by atoms with E-state index in [0.717, 1.165) is 35.6 Å². The van der Waals surface area contributed by atoms with Crippen LogP contribution in [0.5, 0.6) is 0 Å². The molecule has 0 radical (unpaired) electrons. The van der Waals surface area contributed by atoms with E-state index in [0.29, 0.717) is 35.6 Å². The Morgan fingerprint density at radius 2 is 1.32 bits per heavy atom. The molecule has 2 aromatic rings. The van der Waals surface area contributed by atoms with Gasteiger partial charge in [-0.25, -0.2) is 0 Å². The predicted octanol–water partition coefficient (Wildman–Crippen LogP) is 5.52. The Kier molecular flexibility index (Phi) is 9.73. The molecule has 0 saturated carbocycles. The van der Waals surface area contributed by atoms with Crippen molar-refractivity contribution in [3.05, 3.63) is 75.9 Å². The summed E-state index contributed by atoms with van der Waals surface area (Å²) in [4.78, 5) is 0. The number of rotatable bonds is 10. The van der Waals surface area contributed by atoms with Gasteiger partial charge in [0.15, 0.2) is 5.92 Å². The van der Waals surface area contributed by atoms with Crippen LogP contribution in [-0.2, 0) is 32.5 Å². The molecule has 3 nitrogen and oxygen atoms in total. The summed E-state index contributed by atoms with van der Waals surface area (Å²) >= 11 is 0. The second-order valence-corrected chi connectivity index (χ2v) is 8.07. The van der Waals surface area contributed by atoms with Crippen LogP contribution < -0.4 is 0 Å². The summed E-state index contributed by atoms with van der Waals surface area (Å²) in [5.41, 5.74) is 4.50. The number of halogens is 6. The molecule has 0 aliphatic carbocycles. The van der Waals surface area contributed by atoms with Gasteiger partial charge in [-0.1, -0.05) is 55.5 Å². The molecule has 0 spiro atoms. The number of aliphatic hydroxyl groups excluding tert-OH is 3. The third-order valence-electron chi connectivity index (χ3n) is 5.65. The van der Waals surface area contributed by atoms with Crippen molar-refractivity contribution in [2.45, 2.75) is 64.3 Å². The Morgan fingerprint density at radius 1 is 0.794 bits per heavy atom. The highest BCUT2D eigenvalue weighted by Gasteiger charge is 2.59. The topological polar surface area (TPSA) is 60.7 Å². The smallest absolute Gasteiger partial charge is 0.392 e. The number of hydrogen-bond acceptors (Lipinski definition) is 3. The van der Waals surface area contributed by atoms with Crippen LogP contribution in [-0.4, -0.2) is 33.8 Å². The molecule has 2 rings (SSSR count). The van der Waals surface area contributed by atoms with E-state index >= 15 is 0 Å². The van der Waals surface area contributed by atoms with Gasteiger partial charge in [-0.3, -0.25) is 0 Å². The number of aliphatic hydroxyl groups is 3. The van der Waals surface area contributed by atoms with Gasteiger partial charge in [0.2, 0.25) is 0 Å². The molecule has 188 valence electrons. The van der Waals surface area contributed by atoms with E-state index in [1.54, 1.807) is 18.2 Å². The van der Waals surface area contributed by atoms with Gasteiger partial charge in [0.1, 0.15) is 0 Å². The number of hydrogen-bond donors (Lipinski definition) is 3. The van der Waals surface area contributed by atoms with Crippen LogP contribution in [0.4, 0.5) is 26.3 Å². The van der Waals surface area contributed by atoms with Crippen LogP contribution >= 0.6 is 0 Å². The SMILES string of the molecule is CCc1cc(CCCc2ccc(CO)c(CO)c2)ccc1/C=C/C(O)C(C(F)(F)F)C(F)(F)F. The van der Waals surface area contributed by atoms with Gasteiger partial charge in [-0.05, 0) is 59.1 Å². The summed E-state index contributed by atoms with van der Waals surface area (Å²) in [6, 6.07) is 10.7. The van der Waals surface area contributed by atoms with Crippen LogP contribution in [0.2, 0.25) is 0 Å². The molecule has 0 fully saturated rings. The zero-order valence-electron chi connectivity index (χ0n) is 18.6. The van der Waals surface area contributed by atoms with Crippen molar-refractivity contribution in [2.75, 3.05) is 0 Å². The van der Waals surface area contributed by atoms with Crippen molar-refractivity contribution in [2.24, 2.45) is 5.92 Å².